The zero-order chi connectivity index (χ0) is 29.6. The quantitative estimate of drug-likeness (QED) is 0.122. The van der Waals surface area contributed by atoms with E-state index < -0.39 is 14.4 Å². The van der Waals surface area contributed by atoms with Crippen molar-refractivity contribution < 1.29 is 18.7 Å². The molecule has 1 heterocycles. The van der Waals surface area contributed by atoms with Gasteiger partial charge in [-0.2, -0.15) is 0 Å². The first-order chi connectivity index (χ1) is 20.3. The highest BCUT2D eigenvalue weighted by Gasteiger charge is 2.50. The fourth-order valence-electron chi connectivity index (χ4n) is 5.77. The van der Waals surface area contributed by atoms with Crippen LogP contribution < -0.4 is 20.0 Å². The smallest absolute Gasteiger partial charge is 0.261 e. The average molecular weight is 578 g/mol. The minimum absolute atomic E-state index is 0.0568. The van der Waals surface area contributed by atoms with E-state index in [1.165, 1.54) is 10.4 Å². The monoisotopic (exact) mass is 577 g/mol. The summed E-state index contributed by atoms with van der Waals surface area (Å²) in [5.74, 6) is 0.688. The van der Waals surface area contributed by atoms with Crippen LogP contribution in [0.25, 0.3) is 0 Å². The lowest BCUT2D eigenvalue weighted by Crippen LogP contribution is -2.66. The maximum Gasteiger partial charge on any atom is 0.261 e. The predicted molar refractivity (Wildman–Crippen MR) is 172 cm³/mol. The first-order valence-electron chi connectivity index (χ1n) is 14.4. The maximum absolute atomic E-state index is 13.4. The fraction of sp³-hybridized carbons (Fsp3) is 0.250. The molecule has 0 unspecified atom stereocenters. The molecular weight excluding hydrogens is 538 g/mol. The van der Waals surface area contributed by atoms with Crippen LogP contribution in [0.4, 0.5) is 5.69 Å². The van der Waals surface area contributed by atoms with Gasteiger partial charge in [-0.05, 0) is 45.2 Å². The van der Waals surface area contributed by atoms with Crippen molar-refractivity contribution in [1.29, 1.82) is 0 Å². The lowest BCUT2D eigenvalue weighted by atomic mass is 9.95. The molecule has 0 aromatic heterocycles. The van der Waals surface area contributed by atoms with Crippen molar-refractivity contribution in [3.8, 4) is 5.75 Å². The van der Waals surface area contributed by atoms with Gasteiger partial charge >= 0.3 is 0 Å². The second kappa shape index (κ2) is 12.9. The standard InChI is InChI=1S/C36H39NO4Si/c1-36(2,3)42(31-17-10-6-11-18-31,32-19-12-7-13-20-32)41-26-14-21-33-34(40-27-28-15-8-5-9-16-28)35(38)37(33)29-22-24-30(39-4)25-23-29/h5-25,33-34H,26-27H2,1-4H3/b21-14-/t33-,34+/m0/s1. The molecule has 6 heteroatoms. The molecule has 4 aromatic rings. The molecule has 0 spiro atoms. The zero-order valence-electron chi connectivity index (χ0n) is 24.8. The van der Waals surface area contributed by atoms with Gasteiger partial charge in [-0.3, -0.25) is 4.79 Å². The van der Waals surface area contributed by atoms with Gasteiger partial charge in [0, 0.05) is 5.69 Å². The molecule has 0 N–H and O–H groups in total. The molecule has 1 aliphatic rings. The Hall–Kier alpha value is -3.97. The number of benzene rings is 4. The van der Waals surface area contributed by atoms with Gasteiger partial charge in [0.1, 0.15) is 5.75 Å². The van der Waals surface area contributed by atoms with E-state index in [9.17, 15) is 4.79 Å². The van der Waals surface area contributed by atoms with E-state index >= 15 is 0 Å². The Kier molecular flexibility index (Phi) is 9.07. The third kappa shape index (κ3) is 5.97. The number of methoxy groups -OCH3 is 1. The molecule has 1 fully saturated rings. The third-order valence-electron chi connectivity index (χ3n) is 7.86. The molecule has 5 rings (SSSR count). The Morgan fingerprint density at radius 1 is 0.786 bits per heavy atom. The van der Waals surface area contributed by atoms with E-state index in [4.69, 9.17) is 13.9 Å². The van der Waals surface area contributed by atoms with Gasteiger partial charge in [0.15, 0.2) is 6.10 Å². The van der Waals surface area contributed by atoms with Gasteiger partial charge in [-0.1, -0.05) is 124 Å². The highest BCUT2D eigenvalue weighted by atomic mass is 28.4. The number of nitrogens with zero attached hydrogens (tertiary/aromatic N) is 1. The van der Waals surface area contributed by atoms with Gasteiger partial charge < -0.3 is 18.8 Å². The van der Waals surface area contributed by atoms with Crippen LogP contribution in [0.3, 0.4) is 0 Å². The van der Waals surface area contributed by atoms with Crippen LogP contribution in [0.1, 0.15) is 26.3 Å². The molecule has 1 saturated heterocycles. The van der Waals surface area contributed by atoms with Crippen LogP contribution in [0.5, 0.6) is 5.75 Å². The van der Waals surface area contributed by atoms with E-state index in [1.807, 2.05) is 72.8 Å². The SMILES string of the molecule is COc1ccc(N2C(=O)[C@H](OCc3ccccc3)[C@@H]2/C=C\CO[Si](c2ccccc2)(c2ccccc2)C(C)(C)C)cc1. The second-order valence-electron chi connectivity index (χ2n) is 11.5. The topological polar surface area (TPSA) is 48.0 Å². The minimum atomic E-state index is -2.67. The molecule has 1 aliphatic heterocycles. The molecule has 0 aliphatic carbocycles. The summed E-state index contributed by atoms with van der Waals surface area (Å²) in [4.78, 5) is 15.1. The molecule has 0 bridgehead atoms. The summed E-state index contributed by atoms with van der Waals surface area (Å²) in [7, 11) is -1.04. The second-order valence-corrected chi connectivity index (χ2v) is 15.8. The van der Waals surface area contributed by atoms with Crippen LogP contribution in [0, 0.1) is 0 Å². The van der Waals surface area contributed by atoms with Gasteiger partial charge in [0.05, 0.1) is 26.4 Å². The Balaban J connectivity index is 1.41. The van der Waals surface area contributed by atoms with E-state index in [1.54, 1.807) is 12.0 Å². The number of hydrogen-bond donors (Lipinski definition) is 0. The number of rotatable bonds is 11. The Labute approximate surface area is 250 Å². The molecular formula is C36H39NO4Si. The highest BCUT2D eigenvalue weighted by molar-refractivity contribution is 6.99. The van der Waals surface area contributed by atoms with E-state index in [0.717, 1.165) is 17.0 Å². The van der Waals surface area contributed by atoms with Crippen molar-refractivity contribution in [3.05, 3.63) is 133 Å². The number of amides is 1. The van der Waals surface area contributed by atoms with Crippen LogP contribution in [-0.2, 0) is 20.6 Å². The summed E-state index contributed by atoms with van der Waals surface area (Å²) in [6.45, 7) is 7.60. The minimum Gasteiger partial charge on any atom is -0.497 e. The van der Waals surface area contributed by atoms with E-state index in [2.05, 4.69) is 75.4 Å². The van der Waals surface area contributed by atoms with Crippen molar-refractivity contribution >= 4 is 30.3 Å². The summed E-state index contributed by atoms with van der Waals surface area (Å²) in [6, 6.07) is 38.5. The van der Waals surface area contributed by atoms with Gasteiger partial charge in [0.25, 0.3) is 14.2 Å². The predicted octanol–water partition coefficient (Wildman–Crippen LogP) is 6.13. The first-order valence-corrected chi connectivity index (χ1v) is 16.3. The van der Waals surface area contributed by atoms with Crippen molar-refractivity contribution in [1.82, 2.24) is 0 Å². The van der Waals surface area contributed by atoms with Crippen molar-refractivity contribution in [2.75, 3.05) is 18.6 Å². The summed E-state index contributed by atoms with van der Waals surface area (Å²) in [5, 5.41) is 2.35. The molecule has 2 atom stereocenters. The number of carbonyl (C=O) groups excluding carboxylic acids is 1. The number of ether oxygens (including phenoxy) is 2. The van der Waals surface area contributed by atoms with Crippen LogP contribution in [0.2, 0.25) is 5.04 Å². The van der Waals surface area contributed by atoms with E-state index in [0.29, 0.717) is 13.2 Å². The molecule has 0 saturated carbocycles. The van der Waals surface area contributed by atoms with Crippen LogP contribution in [0.15, 0.2) is 127 Å². The van der Waals surface area contributed by atoms with Crippen molar-refractivity contribution in [3.63, 3.8) is 0 Å². The number of anilines is 1. The van der Waals surface area contributed by atoms with Crippen molar-refractivity contribution in [2.24, 2.45) is 0 Å². The Bertz CT molecular complexity index is 1430. The molecule has 0 radical (unpaired) electrons. The van der Waals surface area contributed by atoms with E-state index in [-0.39, 0.29) is 17.0 Å². The largest absolute Gasteiger partial charge is 0.497 e. The molecule has 42 heavy (non-hydrogen) atoms. The maximum atomic E-state index is 13.4. The lowest BCUT2D eigenvalue weighted by molar-refractivity contribution is -0.141. The van der Waals surface area contributed by atoms with Crippen LogP contribution >= 0.6 is 0 Å². The highest BCUT2D eigenvalue weighted by Crippen LogP contribution is 2.37. The number of β-lactam (4-membered cyclic amide) rings is 1. The molecule has 5 nitrogen and oxygen atoms in total. The summed E-state index contributed by atoms with van der Waals surface area (Å²) < 4.78 is 18.5. The molecule has 1 amide bonds. The van der Waals surface area contributed by atoms with Gasteiger partial charge in [0.2, 0.25) is 0 Å². The summed E-state index contributed by atoms with van der Waals surface area (Å²) in [5.41, 5.74) is 1.84. The van der Waals surface area contributed by atoms with Crippen molar-refractivity contribution in [2.45, 2.75) is 44.6 Å². The average Bonchev–Trinajstić information content (AvgIpc) is 3.01. The fourth-order valence-corrected chi connectivity index (χ4v) is 10.3. The third-order valence-corrected chi connectivity index (χ3v) is 12.9. The number of hydrogen-bond acceptors (Lipinski definition) is 4. The van der Waals surface area contributed by atoms with Crippen LogP contribution in [-0.4, -0.2) is 40.1 Å². The van der Waals surface area contributed by atoms with Gasteiger partial charge in [-0.25, -0.2) is 0 Å². The summed E-state index contributed by atoms with van der Waals surface area (Å²) >= 11 is 0. The molecule has 4 aromatic carbocycles. The zero-order valence-corrected chi connectivity index (χ0v) is 25.8. The number of carbonyl (C=O) groups is 1. The normalized spacial score (nSPS) is 17.3. The first kappa shape index (κ1) is 29.5. The van der Waals surface area contributed by atoms with Gasteiger partial charge in [-0.15, -0.1) is 0 Å². The molecule has 216 valence electrons. The lowest BCUT2D eigenvalue weighted by Gasteiger charge is -2.45. The Morgan fingerprint density at radius 2 is 1.33 bits per heavy atom. The Morgan fingerprint density at radius 3 is 1.86 bits per heavy atom. The summed E-state index contributed by atoms with van der Waals surface area (Å²) in [6.07, 6.45) is 3.53.